The summed E-state index contributed by atoms with van der Waals surface area (Å²) in [5.41, 5.74) is 0.141. The zero-order valence-corrected chi connectivity index (χ0v) is 10.3. The lowest BCUT2D eigenvalue weighted by Crippen LogP contribution is -2.29. The van der Waals surface area contributed by atoms with Gasteiger partial charge in [-0.1, -0.05) is 23.7 Å². The van der Waals surface area contributed by atoms with Gasteiger partial charge in [0.15, 0.2) is 0 Å². The van der Waals surface area contributed by atoms with E-state index in [-0.39, 0.29) is 0 Å². The Balaban J connectivity index is 2.84. The van der Waals surface area contributed by atoms with Gasteiger partial charge in [0.25, 0.3) is 0 Å². The van der Waals surface area contributed by atoms with Crippen molar-refractivity contribution in [2.24, 2.45) is 0 Å². The molecule has 2 rings (SSSR count). The summed E-state index contributed by atoms with van der Waals surface area (Å²) in [5.74, 6) is -0.919. The first-order valence-corrected chi connectivity index (χ1v) is 5.59. The average Bonchev–Trinajstić information content (AvgIpc) is 2.28. The topological polar surface area (TPSA) is 50.2 Å². The van der Waals surface area contributed by atoms with Crippen LogP contribution in [0.2, 0.25) is 5.02 Å². The molecule has 88 valence electrons. The minimum atomic E-state index is -1.06. The van der Waals surface area contributed by atoms with Crippen LogP contribution in [0.5, 0.6) is 0 Å². The molecule has 1 heterocycles. The van der Waals surface area contributed by atoms with E-state index >= 15 is 0 Å². The molecular weight excluding hydrogens is 238 g/mol. The molecule has 0 saturated heterocycles. The molecule has 2 aromatic rings. The van der Waals surface area contributed by atoms with Crippen LogP contribution < -0.4 is 0 Å². The number of carboxylic acids is 1. The normalized spacial score (nSPS) is 11.7. The summed E-state index contributed by atoms with van der Waals surface area (Å²) in [6.07, 6.45) is 1.64. The van der Waals surface area contributed by atoms with Crippen LogP contribution in [-0.4, -0.2) is 16.1 Å². The molecule has 4 heteroatoms. The Morgan fingerprint density at radius 2 is 2.06 bits per heavy atom. The number of pyridine rings is 1. The number of aliphatic carboxylic acids is 1. The molecule has 3 nitrogen and oxygen atoms in total. The molecule has 1 N–H and O–H groups in total. The fraction of sp³-hybridized carbons (Fsp3) is 0.231. The second kappa shape index (κ2) is 4.00. The Morgan fingerprint density at radius 3 is 2.71 bits per heavy atom. The monoisotopic (exact) mass is 249 g/mol. The molecule has 1 aromatic heterocycles. The van der Waals surface area contributed by atoms with E-state index in [1.807, 2.05) is 18.2 Å². The molecule has 1 aromatic carbocycles. The summed E-state index contributed by atoms with van der Waals surface area (Å²) in [6, 6.07) is 7.26. The summed E-state index contributed by atoms with van der Waals surface area (Å²) in [4.78, 5) is 15.6. The molecule has 0 saturated carbocycles. The Morgan fingerprint density at radius 1 is 1.35 bits per heavy atom. The highest BCUT2D eigenvalue weighted by Crippen LogP contribution is 2.35. The number of nitrogens with zero attached hydrogens (tertiary/aromatic N) is 1. The average molecular weight is 250 g/mol. The number of carboxylic acid groups (broad SMARTS) is 1. The molecule has 0 spiro atoms. The third kappa shape index (κ3) is 1.87. The molecule has 0 aliphatic carbocycles. The van der Waals surface area contributed by atoms with Crippen LogP contribution in [0, 0.1) is 0 Å². The van der Waals surface area contributed by atoms with Crippen molar-refractivity contribution in [3.05, 3.63) is 41.0 Å². The van der Waals surface area contributed by atoms with Crippen molar-refractivity contribution in [2.75, 3.05) is 0 Å². The van der Waals surface area contributed by atoms with Gasteiger partial charge in [0.2, 0.25) is 0 Å². The molecule has 17 heavy (non-hydrogen) atoms. The SMILES string of the molecule is CC(C)(C(=O)O)c1c(Cl)ccc2cccnc12. The van der Waals surface area contributed by atoms with Gasteiger partial charge < -0.3 is 5.11 Å². The van der Waals surface area contributed by atoms with Crippen molar-refractivity contribution in [1.29, 1.82) is 0 Å². The van der Waals surface area contributed by atoms with E-state index in [4.69, 9.17) is 11.6 Å². The van der Waals surface area contributed by atoms with Crippen LogP contribution in [0.3, 0.4) is 0 Å². The van der Waals surface area contributed by atoms with Crippen molar-refractivity contribution in [2.45, 2.75) is 19.3 Å². The lowest BCUT2D eigenvalue weighted by Gasteiger charge is -2.22. The van der Waals surface area contributed by atoms with Gasteiger partial charge >= 0.3 is 5.97 Å². The predicted molar refractivity (Wildman–Crippen MR) is 67.4 cm³/mol. The number of hydrogen-bond donors (Lipinski definition) is 1. The third-order valence-electron chi connectivity index (χ3n) is 2.88. The lowest BCUT2D eigenvalue weighted by molar-refractivity contribution is -0.142. The fourth-order valence-corrected chi connectivity index (χ4v) is 2.21. The zero-order valence-electron chi connectivity index (χ0n) is 9.57. The van der Waals surface area contributed by atoms with Crippen LogP contribution in [-0.2, 0) is 10.2 Å². The summed E-state index contributed by atoms with van der Waals surface area (Å²) in [6.45, 7) is 3.26. The van der Waals surface area contributed by atoms with E-state index in [0.717, 1.165) is 5.39 Å². The lowest BCUT2D eigenvalue weighted by atomic mass is 9.83. The van der Waals surface area contributed by atoms with Crippen molar-refractivity contribution in [1.82, 2.24) is 4.98 Å². The quantitative estimate of drug-likeness (QED) is 0.889. The summed E-state index contributed by atoms with van der Waals surface area (Å²) in [5, 5.41) is 10.6. The molecule has 0 aliphatic heterocycles. The van der Waals surface area contributed by atoms with E-state index in [9.17, 15) is 9.90 Å². The standard InChI is InChI=1S/C13H12ClNO2/c1-13(2,12(16)17)10-9(14)6-5-8-4-3-7-15-11(8)10/h3-7H,1-2H3,(H,16,17). The molecule has 0 atom stereocenters. The highest BCUT2D eigenvalue weighted by Gasteiger charge is 2.33. The maximum absolute atomic E-state index is 11.3. The van der Waals surface area contributed by atoms with Crippen LogP contribution in [0.15, 0.2) is 30.5 Å². The summed E-state index contributed by atoms with van der Waals surface area (Å²) in [7, 11) is 0. The molecule has 0 aliphatic rings. The van der Waals surface area contributed by atoms with Gasteiger partial charge in [-0.2, -0.15) is 0 Å². The molecule has 0 unspecified atom stereocenters. The summed E-state index contributed by atoms with van der Waals surface area (Å²) < 4.78 is 0. The van der Waals surface area contributed by atoms with E-state index in [1.165, 1.54) is 0 Å². The van der Waals surface area contributed by atoms with Gasteiger partial charge in [-0.25, -0.2) is 0 Å². The van der Waals surface area contributed by atoms with Gasteiger partial charge in [-0.3, -0.25) is 9.78 Å². The first-order valence-electron chi connectivity index (χ1n) is 5.21. The van der Waals surface area contributed by atoms with Crippen molar-refractivity contribution < 1.29 is 9.90 Å². The first kappa shape index (κ1) is 11.9. The molecule has 0 fully saturated rings. The van der Waals surface area contributed by atoms with Crippen LogP contribution >= 0.6 is 11.6 Å². The minimum Gasteiger partial charge on any atom is -0.481 e. The highest BCUT2D eigenvalue weighted by molar-refractivity contribution is 6.32. The third-order valence-corrected chi connectivity index (χ3v) is 3.20. The number of halogens is 1. The number of aromatic nitrogens is 1. The van der Waals surface area contributed by atoms with E-state index in [0.29, 0.717) is 16.1 Å². The largest absolute Gasteiger partial charge is 0.481 e. The second-order valence-electron chi connectivity index (χ2n) is 4.43. The maximum Gasteiger partial charge on any atom is 0.313 e. The molecule has 0 bridgehead atoms. The Hall–Kier alpha value is -1.61. The Kier molecular flexibility index (Phi) is 2.79. The van der Waals surface area contributed by atoms with Crippen LogP contribution in [0.4, 0.5) is 0 Å². The van der Waals surface area contributed by atoms with Gasteiger partial charge in [0, 0.05) is 22.2 Å². The Bertz CT molecular complexity index is 593. The number of fused-ring (bicyclic) bond motifs is 1. The maximum atomic E-state index is 11.3. The first-order chi connectivity index (χ1) is 7.94. The van der Waals surface area contributed by atoms with Gasteiger partial charge in [-0.15, -0.1) is 0 Å². The number of benzene rings is 1. The van der Waals surface area contributed by atoms with Gasteiger partial charge in [0.05, 0.1) is 10.9 Å². The van der Waals surface area contributed by atoms with Crippen LogP contribution in [0.25, 0.3) is 10.9 Å². The smallest absolute Gasteiger partial charge is 0.313 e. The molecule has 0 amide bonds. The van der Waals surface area contributed by atoms with Gasteiger partial charge in [-0.05, 0) is 26.0 Å². The number of carbonyl (C=O) groups is 1. The highest BCUT2D eigenvalue weighted by atomic mass is 35.5. The second-order valence-corrected chi connectivity index (χ2v) is 4.83. The number of rotatable bonds is 2. The van der Waals surface area contributed by atoms with Crippen molar-refractivity contribution >= 4 is 28.5 Å². The van der Waals surface area contributed by atoms with Crippen molar-refractivity contribution in [3.63, 3.8) is 0 Å². The summed E-state index contributed by atoms with van der Waals surface area (Å²) >= 11 is 6.13. The minimum absolute atomic E-state index is 0.434. The van der Waals surface area contributed by atoms with Crippen molar-refractivity contribution in [3.8, 4) is 0 Å². The Labute approximate surface area is 104 Å². The van der Waals surface area contributed by atoms with Crippen LogP contribution in [0.1, 0.15) is 19.4 Å². The predicted octanol–water partition coefficient (Wildman–Crippen LogP) is 3.25. The van der Waals surface area contributed by atoms with E-state index in [1.54, 1.807) is 26.1 Å². The fourth-order valence-electron chi connectivity index (χ4n) is 1.82. The zero-order chi connectivity index (χ0) is 12.6. The van der Waals surface area contributed by atoms with E-state index in [2.05, 4.69) is 4.98 Å². The number of hydrogen-bond acceptors (Lipinski definition) is 2. The molecular formula is C13H12ClNO2. The van der Waals surface area contributed by atoms with Gasteiger partial charge in [0.1, 0.15) is 0 Å². The van der Waals surface area contributed by atoms with E-state index < -0.39 is 11.4 Å². The molecule has 0 radical (unpaired) electrons.